The summed E-state index contributed by atoms with van der Waals surface area (Å²) in [6.45, 7) is 0. The number of rotatable bonds is 5. The van der Waals surface area contributed by atoms with Gasteiger partial charge in [-0.2, -0.15) is 5.26 Å². The first-order chi connectivity index (χ1) is 12.4. The lowest BCUT2D eigenvalue weighted by Crippen LogP contribution is -2.18. The maximum atomic E-state index is 11.7. The van der Waals surface area contributed by atoms with Crippen molar-refractivity contribution in [3.8, 4) is 6.07 Å². The minimum absolute atomic E-state index is 0.144. The molecule has 0 saturated heterocycles. The molecule has 2 aromatic carbocycles. The van der Waals surface area contributed by atoms with Crippen LogP contribution in [0.15, 0.2) is 58.0 Å². The molecule has 26 heavy (non-hydrogen) atoms. The van der Waals surface area contributed by atoms with Gasteiger partial charge in [-0.3, -0.25) is 0 Å². The molecule has 0 spiro atoms. The van der Waals surface area contributed by atoms with E-state index in [0.717, 1.165) is 0 Å². The van der Waals surface area contributed by atoms with E-state index < -0.39 is 10.0 Å². The van der Waals surface area contributed by atoms with Gasteiger partial charge >= 0.3 is 0 Å². The van der Waals surface area contributed by atoms with Gasteiger partial charge in [-0.05, 0) is 49.5 Å². The van der Waals surface area contributed by atoms with Crippen molar-refractivity contribution in [3.63, 3.8) is 0 Å². The van der Waals surface area contributed by atoms with Crippen LogP contribution in [0.5, 0.6) is 0 Å². The normalized spacial score (nSPS) is 12.1. The molecule has 0 bridgehead atoms. The van der Waals surface area contributed by atoms with Crippen molar-refractivity contribution in [1.29, 1.82) is 5.26 Å². The van der Waals surface area contributed by atoms with Crippen molar-refractivity contribution >= 4 is 44.0 Å². The molecule has 3 aromatic rings. The average Bonchev–Trinajstić information content (AvgIpc) is 3.05. The lowest BCUT2D eigenvalue weighted by molar-refractivity contribution is 0.586. The van der Waals surface area contributed by atoms with E-state index in [1.807, 2.05) is 6.07 Å². The highest BCUT2D eigenvalue weighted by Crippen LogP contribution is 2.24. The quantitative estimate of drug-likeness (QED) is 0.649. The van der Waals surface area contributed by atoms with Gasteiger partial charge in [0.2, 0.25) is 15.9 Å². The second-order valence-electron chi connectivity index (χ2n) is 5.18. The Morgan fingerprint density at radius 2 is 2.00 bits per heavy atom. The van der Waals surface area contributed by atoms with Gasteiger partial charge in [0, 0.05) is 16.9 Å². The first kappa shape index (κ1) is 17.9. The zero-order valence-electron chi connectivity index (χ0n) is 13.5. The molecule has 0 amide bonds. The van der Waals surface area contributed by atoms with Crippen LogP contribution in [0.4, 0.5) is 5.69 Å². The molecule has 0 saturated carbocycles. The zero-order valence-corrected chi connectivity index (χ0v) is 15.1. The van der Waals surface area contributed by atoms with Crippen molar-refractivity contribution in [2.45, 2.75) is 4.90 Å². The topological polar surface area (TPSA) is 108 Å². The smallest absolute Gasteiger partial charge is 0.240 e. The number of nitrogens with one attached hydrogen (secondary N) is 2. The van der Waals surface area contributed by atoms with E-state index in [2.05, 4.69) is 15.0 Å². The van der Waals surface area contributed by atoms with E-state index >= 15 is 0 Å². The number of hydrogen-bond donors (Lipinski definition) is 2. The predicted molar refractivity (Wildman–Crippen MR) is 98.9 cm³/mol. The summed E-state index contributed by atoms with van der Waals surface area (Å²) in [5, 5.41) is 12.8. The number of oxazole rings is 1. The summed E-state index contributed by atoms with van der Waals surface area (Å²) in [5.41, 5.74) is 1.86. The van der Waals surface area contributed by atoms with Crippen LogP contribution in [-0.2, 0) is 10.0 Å². The average molecular weight is 389 g/mol. The molecule has 0 radical (unpaired) electrons. The van der Waals surface area contributed by atoms with Crippen molar-refractivity contribution in [2.24, 2.45) is 0 Å². The third-order valence-electron chi connectivity index (χ3n) is 3.52. The van der Waals surface area contributed by atoms with Gasteiger partial charge in [0.25, 0.3) is 0 Å². The van der Waals surface area contributed by atoms with Gasteiger partial charge in [-0.15, -0.1) is 0 Å². The van der Waals surface area contributed by atoms with Crippen LogP contribution in [-0.4, -0.2) is 20.4 Å². The Bertz CT molecular complexity index is 1130. The summed E-state index contributed by atoms with van der Waals surface area (Å²) in [5.74, 6) is 0.159. The summed E-state index contributed by atoms with van der Waals surface area (Å²) in [7, 11) is -2.15. The Labute approximate surface area is 155 Å². The number of allylic oxidation sites excluding steroid dienone is 1. The standard InChI is InChI=1S/C17H13ClN4O3S/c1-20-26(23,24)14-5-3-13(4-6-14)21-10-11(9-19)17-22-15-8-12(18)2-7-16(15)25-17/h2-8,10,20-21H,1H3/b11-10+. The summed E-state index contributed by atoms with van der Waals surface area (Å²) < 4.78 is 31.2. The van der Waals surface area contributed by atoms with Crippen molar-refractivity contribution in [3.05, 3.63) is 59.6 Å². The number of halogens is 1. The molecular weight excluding hydrogens is 376 g/mol. The molecule has 0 aliphatic heterocycles. The molecule has 9 heteroatoms. The fourth-order valence-corrected chi connectivity index (χ4v) is 3.06. The molecule has 132 valence electrons. The van der Waals surface area contributed by atoms with Crippen LogP contribution in [0.2, 0.25) is 5.02 Å². The van der Waals surface area contributed by atoms with Gasteiger partial charge in [-0.1, -0.05) is 11.6 Å². The number of sulfonamides is 1. The Kier molecular flexibility index (Phi) is 4.95. The van der Waals surface area contributed by atoms with Gasteiger partial charge in [0.05, 0.1) is 4.90 Å². The molecule has 7 nitrogen and oxygen atoms in total. The van der Waals surface area contributed by atoms with E-state index in [1.54, 1.807) is 30.3 Å². The SMILES string of the molecule is CNS(=O)(=O)c1ccc(N/C=C(\C#N)c2nc3cc(Cl)ccc3o2)cc1. The number of anilines is 1. The Morgan fingerprint density at radius 3 is 2.65 bits per heavy atom. The lowest BCUT2D eigenvalue weighted by atomic mass is 10.3. The lowest BCUT2D eigenvalue weighted by Gasteiger charge is -2.04. The molecule has 2 N–H and O–H groups in total. The highest BCUT2D eigenvalue weighted by molar-refractivity contribution is 7.89. The molecule has 1 heterocycles. The van der Waals surface area contributed by atoms with E-state index in [4.69, 9.17) is 16.0 Å². The number of aromatic nitrogens is 1. The molecule has 0 aliphatic carbocycles. The predicted octanol–water partition coefficient (Wildman–Crippen LogP) is 3.37. The number of hydrogen-bond acceptors (Lipinski definition) is 6. The van der Waals surface area contributed by atoms with E-state index in [9.17, 15) is 13.7 Å². The molecule has 0 unspecified atom stereocenters. The van der Waals surface area contributed by atoms with E-state index in [-0.39, 0.29) is 16.4 Å². The van der Waals surface area contributed by atoms with E-state index in [1.165, 1.54) is 25.4 Å². The van der Waals surface area contributed by atoms with Crippen molar-refractivity contribution in [2.75, 3.05) is 12.4 Å². The van der Waals surface area contributed by atoms with Crippen LogP contribution in [0.25, 0.3) is 16.7 Å². The molecular formula is C17H13ClN4O3S. The number of nitriles is 1. The van der Waals surface area contributed by atoms with Crippen LogP contribution < -0.4 is 10.0 Å². The summed E-state index contributed by atoms with van der Waals surface area (Å²) in [4.78, 5) is 4.39. The highest BCUT2D eigenvalue weighted by atomic mass is 35.5. The molecule has 0 aliphatic rings. The minimum atomic E-state index is -3.49. The third-order valence-corrected chi connectivity index (χ3v) is 5.18. The van der Waals surface area contributed by atoms with Crippen LogP contribution in [0.3, 0.4) is 0 Å². The number of fused-ring (bicyclic) bond motifs is 1. The fraction of sp³-hybridized carbons (Fsp3) is 0.0588. The van der Waals surface area contributed by atoms with Crippen LogP contribution in [0, 0.1) is 11.3 Å². The van der Waals surface area contributed by atoms with Gasteiger partial charge in [0.1, 0.15) is 17.2 Å². The third kappa shape index (κ3) is 3.70. The second-order valence-corrected chi connectivity index (χ2v) is 7.50. The van der Waals surface area contributed by atoms with Gasteiger partial charge < -0.3 is 9.73 Å². The highest BCUT2D eigenvalue weighted by Gasteiger charge is 2.12. The van der Waals surface area contributed by atoms with E-state index in [0.29, 0.717) is 21.8 Å². The van der Waals surface area contributed by atoms with Crippen LogP contribution >= 0.6 is 11.6 Å². The first-order valence-electron chi connectivity index (χ1n) is 7.40. The number of benzene rings is 2. The largest absolute Gasteiger partial charge is 0.435 e. The fourth-order valence-electron chi connectivity index (χ4n) is 2.16. The summed E-state index contributed by atoms with van der Waals surface area (Å²) in [6.07, 6.45) is 1.44. The molecule has 1 aromatic heterocycles. The van der Waals surface area contributed by atoms with Crippen molar-refractivity contribution < 1.29 is 12.8 Å². The first-order valence-corrected chi connectivity index (χ1v) is 9.26. The molecule has 3 rings (SSSR count). The minimum Gasteiger partial charge on any atom is -0.435 e. The zero-order chi connectivity index (χ0) is 18.7. The Balaban J connectivity index is 1.84. The Morgan fingerprint density at radius 1 is 1.27 bits per heavy atom. The summed E-state index contributed by atoms with van der Waals surface area (Å²) >= 11 is 5.92. The second kappa shape index (κ2) is 7.17. The van der Waals surface area contributed by atoms with Gasteiger partial charge in [-0.25, -0.2) is 18.1 Å². The maximum absolute atomic E-state index is 11.7. The summed E-state index contributed by atoms with van der Waals surface area (Å²) in [6, 6.07) is 13.1. The van der Waals surface area contributed by atoms with Gasteiger partial charge in [0.15, 0.2) is 5.58 Å². The number of nitrogens with zero attached hydrogens (tertiary/aromatic N) is 2. The Hall–Kier alpha value is -2.86. The monoisotopic (exact) mass is 388 g/mol. The van der Waals surface area contributed by atoms with Crippen molar-refractivity contribution in [1.82, 2.24) is 9.71 Å². The molecule has 0 atom stereocenters. The molecule has 0 fully saturated rings. The maximum Gasteiger partial charge on any atom is 0.240 e. The van der Waals surface area contributed by atoms with Crippen LogP contribution in [0.1, 0.15) is 5.89 Å².